The predicted octanol–water partition coefficient (Wildman–Crippen LogP) is 3.89. The molecule has 1 atom stereocenters. The van der Waals surface area contributed by atoms with E-state index >= 15 is 0 Å². The number of ether oxygens (including phenoxy) is 2. The van der Waals surface area contributed by atoms with Crippen LogP contribution in [0.15, 0.2) is 42.7 Å². The number of ketones is 1. The van der Waals surface area contributed by atoms with E-state index < -0.39 is 13.9 Å². The van der Waals surface area contributed by atoms with Gasteiger partial charge in [0.2, 0.25) is 6.29 Å². The molecule has 0 aliphatic carbocycles. The molecule has 0 spiro atoms. The van der Waals surface area contributed by atoms with Crippen LogP contribution in [0.5, 0.6) is 5.75 Å². The average molecular weight is 396 g/mol. The number of phenolic OH excluding ortho intramolecular Hbond substituents is 1. The van der Waals surface area contributed by atoms with Gasteiger partial charge in [0.05, 0.1) is 26.1 Å². The molecule has 0 saturated carbocycles. The second-order valence-corrected chi connectivity index (χ2v) is 7.78. The Morgan fingerprint density at radius 2 is 1.85 bits per heavy atom. The lowest BCUT2D eigenvalue weighted by molar-refractivity contribution is -0.120. The standard InChI is InChI=1S/C19H25O7P/c1-3-25-27(22,26-4-2)14-17(21)11-13-24-19-18(6-5-12-23-19)15-7-9-16(20)10-8-15/h5-10,12,19-20H,3-4,11,13-14H2,1-2H3. The molecule has 0 bridgehead atoms. The summed E-state index contributed by atoms with van der Waals surface area (Å²) in [6.07, 6.45) is 4.22. The highest BCUT2D eigenvalue weighted by Crippen LogP contribution is 2.47. The van der Waals surface area contributed by atoms with Crippen LogP contribution in [0.3, 0.4) is 0 Å². The first kappa shape index (κ1) is 21.4. The Bertz CT molecular complexity index is 714. The maximum Gasteiger partial charge on any atom is 0.338 e. The van der Waals surface area contributed by atoms with Crippen molar-refractivity contribution < 1.29 is 33.0 Å². The second-order valence-electron chi connectivity index (χ2n) is 5.73. The summed E-state index contributed by atoms with van der Waals surface area (Å²) < 4.78 is 33.8. The van der Waals surface area contributed by atoms with Gasteiger partial charge in [0, 0.05) is 12.0 Å². The third kappa shape index (κ3) is 6.63. The van der Waals surface area contributed by atoms with Crippen LogP contribution in [-0.2, 0) is 27.9 Å². The van der Waals surface area contributed by atoms with Crippen LogP contribution in [0.25, 0.3) is 5.57 Å². The van der Waals surface area contributed by atoms with E-state index in [4.69, 9.17) is 18.5 Å². The summed E-state index contributed by atoms with van der Waals surface area (Å²) >= 11 is 0. The van der Waals surface area contributed by atoms with Crippen LogP contribution >= 0.6 is 7.60 Å². The molecule has 1 N–H and O–H groups in total. The zero-order valence-electron chi connectivity index (χ0n) is 15.5. The van der Waals surface area contributed by atoms with Crippen molar-refractivity contribution in [2.24, 2.45) is 0 Å². The van der Waals surface area contributed by atoms with Gasteiger partial charge in [-0.15, -0.1) is 0 Å². The average Bonchev–Trinajstić information content (AvgIpc) is 2.63. The molecule has 0 fully saturated rings. The fourth-order valence-electron chi connectivity index (χ4n) is 2.52. The van der Waals surface area contributed by atoms with E-state index in [0.29, 0.717) is 0 Å². The van der Waals surface area contributed by atoms with E-state index in [1.165, 1.54) is 6.26 Å². The van der Waals surface area contributed by atoms with Crippen molar-refractivity contribution in [3.63, 3.8) is 0 Å². The normalized spacial score (nSPS) is 16.7. The van der Waals surface area contributed by atoms with Gasteiger partial charge >= 0.3 is 7.60 Å². The fraction of sp³-hybridized carbons (Fsp3) is 0.421. The minimum absolute atomic E-state index is 0.0660. The first-order chi connectivity index (χ1) is 13.0. The van der Waals surface area contributed by atoms with Crippen molar-refractivity contribution in [3.8, 4) is 5.75 Å². The van der Waals surface area contributed by atoms with Crippen molar-refractivity contribution >= 4 is 19.0 Å². The summed E-state index contributed by atoms with van der Waals surface area (Å²) in [5.74, 6) is -0.0931. The first-order valence-corrected chi connectivity index (χ1v) is 10.5. The van der Waals surface area contributed by atoms with Gasteiger partial charge in [-0.05, 0) is 43.7 Å². The second kappa shape index (κ2) is 10.4. The van der Waals surface area contributed by atoms with E-state index in [2.05, 4.69) is 0 Å². The van der Waals surface area contributed by atoms with Gasteiger partial charge in [-0.25, -0.2) is 0 Å². The van der Waals surface area contributed by atoms with Gasteiger partial charge in [0.25, 0.3) is 0 Å². The molecular formula is C19H25O7P. The molecule has 1 aromatic carbocycles. The van der Waals surface area contributed by atoms with Gasteiger partial charge in [-0.1, -0.05) is 12.1 Å². The van der Waals surface area contributed by atoms with Crippen LogP contribution in [0, 0.1) is 0 Å². The molecule has 1 unspecified atom stereocenters. The van der Waals surface area contributed by atoms with Crippen molar-refractivity contribution in [1.29, 1.82) is 0 Å². The smallest absolute Gasteiger partial charge is 0.338 e. The largest absolute Gasteiger partial charge is 0.508 e. The van der Waals surface area contributed by atoms with Gasteiger partial charge < -0.3 is 23.6 Å². The highest BCUT2D eigenvalue weighted by Gasteiger charge is 2.27. The quantitative estimate of drug-likeness (QED) is 0.568. The first-order valence-electron chi connectivity index (χ1n) is 8.80. The van der Waals surface area contributed by atoms with Crippen molar-refractivity contribution in [2.45, 2.75) is 26.6 Å². The number of allylic oxidation sites excluding steroid dienone is 2. The molecule has 27 heavy (non-hydrogen) atoms. The Morgan fingerprint density at radius 3 is 2.48 bits per heavy atom. The molecule has 7 nitrogen and oxygen atoms in total. The maximum atomic E-state index is 12.4. The third-order valence-corrected chi connectivity index (χ3v) is 5.73. The summed E-state index contributed by atoms with van der Waals surface area (Å²) in [7, 11) is -3.40. The van der Waals surface area contributed by atoms with Crippen molar-refractivity contribution in [2.75, 3.05) is 26.0 Å². The minimum Gasteiger partial charge on any atom is -0.508 e. The molecule has 148 valence electrons. The van der Waals surface area contributed by atoms with Crippen LogP contribution in [0.4, 0.5) is 0 Å². The molecule has 1 aliphatic rings. The van der Waals surface area contributed by atoms with Gasteiger partial charge in [0.1, 0.15) is 17.7 Å². The van der Waals surface area contributed by atoms with Crippen molar-refractivity contribution in [1.82, 2.24) is 0 Å². The lowest BCUT2D eigenvalue weighted by Crippen LogP contribution is -2.21. The van der Waals surface area contributed by atoms with E-state index in [0.717, 1.165) is 11.1 Å². The van der Waals surface area contributed by atoms with E-state index in [1.54, 1.807) is 44.2 Å². The Kier molecular flexibility index (Phi) is 8.25. The number of carbonyl (C=O) groups excluding carboxylic acids is 1. The summed E-state index contributed by atoms with van der Waals surface area (Å²) in [5.41, 5.74) is 1.62. The Morgan fingerprint density at radius 1 is 1.19 bits per heavy atom. The number of hydrogen-bond acceptors (Lipinski definition) is 7. The molecule has 1 heterocycles. The SMILES string of the molecule is CCOP(=O)(CC(=O)CCOC1OC=CC=C1c1ccc(O)cc1)OCC. The highest BCUT2D eigenvalue weighted by atomic mass is 31.2. The highest BCUT2D eigenvalue weighted by molar-refractivity contribution is 7.54. The zero-order chi connectivity index (χ0) is 19.7. The number of hydrogen-bond donors (Lipinski definition) is 1. The zero-order valence-corrected chi connectivity index (χ0v) is 16.4. The molecule has 0 aromatic heterocycles. The van der Waals surface area contributed by atoms with Crippen LogP contribution in [0.1, 0.15) is 25.8 Å². The minimum atomic E-state index is -3.40. The van der Waals surface area contributed by atoms with Gasteiger partial charge in [-0.2, -0.15) is 0 Å². The molecule has 1 aromatic rings. The number of Topliss-reactive ketones (excluding diaryl/α,β-unsaturated/α-hetero) is 1. The van der Waals surface area contributed by atoms with Gasteiger partial charge in [0.15, 0.2) is 0 Å². The van der Waals surface area contributed by atoms with Gasteiger partial charge in [-0.3, -0.25) is 9.36 Å². The molecule has 1 aliphatic heterocycles. The predicted molar refractivity (Wildman–Crippen MR) is 101 cm³/mol. The van der Waals surface area contributed by atoms with Crippen molar-refractivity contribution in [3.05, 3.63) is 48.2 Å². The van der Waals surface area contributed by atoms with E-state index in [1.807, 2.05) is 6.08 Å². The third-order valence-electron chi connectivity index (χ3n) is 3.68. The molecule has 0 saturated heterocycles. The number of benzene rings is 1. The monoisotopic (exact) mass is 396 g/mol. The van der Waals surface area contributed by atoms with E-state index in [-0.39, 0.29) is 43.9 Å². The molecule has 2 rings (SSSR count). The molecule has 8 heteroatoms. The summed E-state index contributed by atoms with van der Waals surface area (Å²) in [6, 6.07) is 6.67. The summed E-state index contributed by atoms with van der Waals surface area (Å²) in [4.78, 5) is 12.1. The number of aromatic hydroxyl groups is 1. The number of rotatable bonds is 11. The lowest BCUT2D eigenvalue weighted by Gasteiger charge is -2.23. The Hall–Kier alpha value is -1.92. The molecule has 0 radical (unpaired) electrons. The van der Waals surface area contributed by atoms with Crippen LogP contribution in [-0.4, -0.2) is 43.2 Å². The Labute approximate surface area is 159 Å². The van der Waals surface area contributed by atoms with E-state index in [9.17, 15) is 14.5 Å². The topological polar surface area (TPSA) is 91.3 Å². The molecule has 0 amide bonds. The lowest BCUT2D eigenvalue weighted by atomic mass is 10.0. The van der Waals surface area contributed by atoms with Crippen LogP contribution < -0.4 is 0 Å². The number of carbonyl (C=O) groups is 1. The summed E-state index contributed by atoms with van der Waals surface area (Å²) in [6.45, 7) is 3.92. The fourth-order valence-corrected chi connectivity index (χ4v) is 4.16. The molecular weight excluding hydrogens is 371 g/mol. The summed E-state index contributed by atoms with van der Waals surface area (Å²) in [5, 5.41) is 9.42. The van der Waals surface area contributed by atoms with Crippen LogP contribution in [0.2, 0.25) is 0 Å². The maximum absolute atomic E-state index is 12.4. The number of phenols is 1. The Balaban J connectivity index is 1.89.